The van der Waals surface area contributed by atoms with E-state index < -0.39 is 17.7 Å². The lowest BCUT2D eigenvalue weighted by Gasteiger charge is -2.27. The second-order valence-corrected chi connectivity index (χ2v) is 7.59. The molecule has 2 atom stereocenters. The van der Waals surface area contributed by atoms with E-state index in [1.165, 1.54) is 4.90 Å². The fraction of sp³-hybridized carbons (Fsp3) is 0.333. The number of benzene rings is 2. The van der Waals surface area contributed by atoms with Crippen LogP contribution in [0.15, 0.2) is 54.1 Å². The number of carbonyl (C=O) groups is 2. The third kappa shape index (κ3) is 4.01. The van der Waals surface area contributed by atoms with Gasteiger partial charge in [-0.3, -0.25) is 9.59 Å². The van der Waals surface area contributed by atoms with Gasteiger partial charge in [0, 0.05) is 18.7 Å². The molecule has 0 saturated carbocycles. The maximum absolute atomic E-state index is 13.0. The smallest absolute Gasteiger partial charge is 0.295 e. The number of aliphatic hydroxyl groups is 1. The molecule has 2 aromatic carbocycles. The first-order chi connectivity index (χ1) is 15.0. The number of methoxy groups -OCH3 is 2. The van der Waals surface area contributed by atoms with Gasteiger partial charge in [0.05, 0.1) is 31.9 Å². The highest BCUT2D eigenvalue weighted by molar-refractivity contribution is 6.46. The first-order valence-electron chi connectivity index (χ1n) is 10.2. The quantitative estimate of drug-likeness (QED) is 0.436. The summed E-state index contributed by atoms with van der Waals surface area (Å²) in [6.07, 6.45) is 1.63. The number of carbonyl (C=O) groups excluding carboxylic acids is 2. The van der Waals surface area contributed by atoms with Crippen LogP contribution in [0.25, 0.3) is 5.76 Å². The third-order valence-electron chi connectivity index (χ3n) is 5.76. The Morgan fingerprint density at radius 2 is 1.65 bits per heavy atom. The van der Waals surface area contributed by atoms with Crippen molar-refractivity contribution in [3.8, 4) is 11.5 Å². The second kappa shape index (κ2) is 8.81. The van der Waals surface area contributed by atoms with E-state index in [0.29, 0.717) is 35.8 Å². The Kier molecular flexibility index (Phi) is 5.95. The first kappa shape index (κ1) is 20.9. The summed E-state index contributed by atoms with van der Waals surface area (Å²) in [5.41, 5.74) is 1.22. The molecule has 31 heavy (non-hydrogen) atoms. The van der Waals surface area contributed by atoms with Crippen molar-refractivity contribution in [1.82, 2.24) is 4.90 Å². The summed E-state index contributed by atoms with van der Waals surface area (Å²) < 4.78 is 16.1. The number of nitrogens with zero attached hydrogens (tertiary/aromatic N) is 1. The zero-order chi connectivity index (χ0) is 22.0. The van der Waals surface area contributed by atoms with Crippen molar-refractivity contribution in [3.63, 3.8) is 0 Å². The van der Waals surface area contributed by atoms with Gasteiger partial charge in [0.2, 0.25) is 0 Å². The Morgan fingerprint density at radius 1 is 1.03 bits per heavy atom. The third-order valence-corrected chi connectivity index (χ3v) is 5.76. The molecule has 0 radical (unpaired) electrons. The highest BCUT2D eigenvalue weighted by atomic mass is 16.5. The van der Waals surface area contributed by atoms with Crippen LogP contribution < -0.4 is 9.47 Å². The molecular formula is C24H25NO6. The first-order valence-corrected chi connectivity index (χ1v) is 10.2. The topological polar surface area (TPSA) is 85.3 Å². The van der Waals surface area contributed by atoms with E-state index in [1.54, 1.807) is 62.8 Å². The van der Waals surface area contributed by atoms with E-state index in [2.05, 4.69) is 0 Å². The zero-order valence-corrected chi connectivity index (χ0v) is 17.5. The van der Waals surface area contributed by atoms with Crippen molar-refractivity contribution in [2.24, 2.45) is 0 Å². The van der Waals surface area contributed by atoms with Crippen molar-refractivity contribution in [2.75, 3.05) is 27.4 Å². The van der Waals surface area contributed by atoms with Crippen LogP contribution in [0.3, 0.4) is 0 Å². The van der Waals surface area contributed by atoms with Gasteiger partial charge in [-0.2, -0.15) is 0 Å². The van der Waals surface area contributed by atoms with E-state index in [4.69, 9.17) is 14.2 Å². The van der Waals surface area contributed by atoms with E-state index >= 15 is 0 Å². The molecule has 7 heteroatoms. The Balaban J connectivity index is 1.79. The summed E-state index contributed by atoms with van der Waals surface area (Å²) in [5.74, 6) is -0.257. The number of rotatable bonds is 6. The lowest BCUT2D eigenvalue weighted by Crippen LogP contribution is -2.36. The molecule has 0 spiro atoms. The highest BCUT2D eigenvalue weighted by Crippen LogP contribution is 2.40. The van der Waals surface area contributed by atoms with Gasteiger partial charge < -0.3 is 24.2 Å². The number of ether oxygens (including phenoxy) is 3. The van der Waals surface area contributed by atoms with Gasteiger partial charge in [0.1, 0.15) is 17.3 Å². The van der Waals surface area contributed by atoms with Crippen molar-refractivity contribution in [2.45, 2.75) is 25.0 Å². The molecule has 1 amide bonds. The molecule has 1 N–H and O–H groups in total. The molecule has 4 rings (SSSR count). The minimum Gasteiger partial charge on any atom is -0.507 e. The second-order valence-electron chi connectivity index (χ2n) is 7.59. The number of Topliss-reactive ketones (excluding diaryl/α,β-unsaturated/α-hetero) is 1. The number of hydrogen-bond acceptors (Lipinski definition) is 6. The summed E-state index contributed by atoms with van der Waals surface area (Å²) in [4.78, 5) is 27.5. The SMILES string of the molecule is COc1ccc(/C(O)=C2/C(=O)C(=O)N(CC3CCCO3)C2c2ccc(OC)cc2)cc1. The molecule has 7 nitrogen and oxygen atoms in total. The molecule has 2 aromatic rings. The molecule has 0 aromatic heterocycles. The van der Waals surface area contributed by atoms with Crippen LogP contribution in [-0.4, -0.2) is 55.2 Å². The molecule has 2 saturated heterocycles. The summed E-state index contributed by atoms with van der Waals surface area (Å²) in [6, 6.07) is 13.2. The van der Waals surface area contributed by atoms with Crippen LogP contribution in [0, 0.1) is 0 Å². The van der Waals surface area contributed by atoms with E-state index in [9.17, 15) is 14.7 Å². The normalized spacial score (nSPS) is 22.7. The minimum absolute atomic E-state index is 0.0679. The molecule has 2 unspecified atom stereocenters. The number of likely N-dealkylation sites (tertiary alicyclic amines) is 1. The predicted molar refractivity (Wildman–Crippen MR) is 114 cm³/mol. The fourth-order valence-electron chi connectivity index (χ4n) is 4.11. The highest BCUT2D eigenvalue weighted by Gasteiger charge is 2.47. The van der Waals surface area contributed by atoms with Gasteiger partial charge in [0.15, 0.2) is 0 Å². The Bertz CT molecular complexity index is 990. The van der Waals surface area contributed by atoms with Crippen molar-refractivity contribution in [1.29, 1.82) is 0 Å². The molecule has 162 valence electrons. The molecule has 0 bridgehead atoms. The van der Waals surface area contributed by atoms with Crippen molar-refractivity contribution in [3.05, 3.63) is 65.2 Å². The molecule has 2 fully saturated rings. The van der Waals surface area contributed by atoms with Crippen molar-refractivity contribution < 1.29 is 28.9 Å². The Labute approximate surface area is 180 Å². The lowest BCUT2D eigenvalue weighted by atomic mass is 9.95. The van der Waals surface area contributed by atoms with E-state index in [0.717, 1.165) is 12.8 Å². The summed E-state index contributed by atoms with van der Waals surface area (Å²) >= 11 is 0. The number of ketones is 1. The maximum Gasteiger partial charge on any atom is 0.295 e. The van der Waals surface area contributed by atoms with E-state index in [1.807, 2.05) is 0 Å². The fourth-order valence-corrected chi connectivity index (χ4v) is 4.11. The monoisotopic (exact) mass is 423 g/mol. The molecule has 2 aliphatic rings. The van der Waals surface area contributed by atoms with Gasteiger partial charge in [0.25, 0.3) is 11.7 Å². The Hall–Kier alpha value is -3.32. The number of aliphatic hydroxyl groups excluding tert-OH is 1. The largest absolute Gasteiger partial charge is 0.507 e. The predicted octanol–water partition coefficient (Wildman–Crippen LogP) is 3.30. The van der Waals surface area contributed by atoms with Gasteiger partial charge in [-0.1, -0.05) is 12.1 Å². The summed E-state index contributed by atoms with van der Waals surface area (Å²) in [5, 5.41) is 11.1. The summed E-state index contributed by atoms with van der Waals surface area (Å²) in [6.45, 7) is 0.939. The van der Waals surface area contributed by atoms with Crippen LogP contribution >= 0.6 is 0 Å². The van der Waals surface area contributed by atoms with Crippen LogP contribution in [0.2, 0.25) is 0 Å². The van der Waals surface area contributed by atoms with E-state index in [-0.39, 0.29) is 17.4 Å². The van der Waals surface area contributed by atoms with Crippen molar-refractivity contribution >= 4 is 17.4 Å². The number of hydrogen-bond donors (Lipinski definition) is 1. The van der Waals surface area contributed by atoms with Gasteiger partial charge in [-0.05, 0) is 54.8 Å². The molecule has 0 aliphatic carbocycles. The molecule has 2 heterocycles. The number of amides is 1. The maximum atomic E-state index is 13.0. The molecule has 2 aliphatic heterocycles. The molecular weight excluding hydrogens is 398 g/mol. The van der Waals surface area contributed by atoms with Crippen LogP contribution in [0.1, 0.15) is 30.0 Å². The summed E-state index contributed by atoms with van der Waals surface area (Å²) in [7, 11) is 3.12. The average molecular weight is 423 g/mol. The zero-order valence-electron chi connectivity index (χ0n) is 17.5. The van der Waals surface area contributed by atoms with Gasteiger partial charge >= 0.3 is 0 Å². The standard InChI is InChI=1S/C24H25NO6/c1-29-17-9-5-15(6-10-17)21-20(22(26)16-7-11-18(30-2)12-8-16)23(27)24(28)25(21)14-19-4-3-13-31-19/h5-12,19,21,26H,3-4,13-14H2,1-2H3/b22-20-. The van der Waals surface area contributed by atoms with Gasteiger partial charge in [-0.25, -0.2) is 0 Å². The van der Waals surface area contributed by atoms with Crippen LogP contribution in [0.4, 0.5) is 0 Å². The van der Waals surface area contributed by atoms with Gasteiger partial charge in [-0.15, -0.1) is 0 Å². The van der Waals surface area contributed by atoms with Crippen LogP contribution in [0.5, 0.6) is 11.5 Å². The average Bonchev–Trinajstić information content (AvgIpc) is 3.41. The Morgan fingerprint density at radius 3 is 2.19 bits per heavy atom. The van der Waals surface area contributed by atoms with Crippen LogP contribution in [-0.2, 0) is 14.3 Å². The lowest BCUT2D eigenvalue weighted by molar-refractivity contribution is -0.140. The minimum atomic E-state index is -0.711.